The number of nitrogens with zero attached hydrogens (tertiary/aromatic N) is 2. The van der Waals surface area contributed by atoms with Gasteiger partial charge in [0.1, 0.15) is 5.58 Å². The Morgan fingerprint density at radius 1 is 1.30 bits per heavy atom. The smallest absolute Gasteiger partial charge is 0.345 e. The SMILES string of the molecule is Cc1cccc2cc(-c3csc(N(C)C)n3)c(=O)oc12. The summed E-state index contributed by atoms with van der Waals surface area (Å²) in [5, 5.41) is 3.66. The van der Waals surface area contributed by atoms with Crippen LogP contribution in [0.5, 0.6) is 0 Å². The Labute approximate surface area is 120 Å². The summed E-state index contributed by atoms with van der Waals surface area (Å²) in [7, 11) is 3.85. The average molecular weight is 286 g/mol. The summed E-state index contributed by atoms with van der Waals surface area (Å²) in [6, 6.07) is 7.67. The van der Waals surface area contributed by atoms with Gasteiger partial charge < -0.3 is 9.32 Å². The van der Waals surface area contributed by atoms with E-state index < -0.39 is 0 Å². The first-order valence-corrected chi connectivity index (χ1v) is 7.11. The number of hydrogen-bond acceptors (Lipinski definition) is 5. The molecule has 0 aliphatic carbocycles. The number of benzene rings is 1. The van der Waals surface area contributed by atoms with Gasteiger partial charge in [0.15, 0.2) is 5.13 Å². The zero-order valence-corrected chi connectivity index (χ0v) is 12.3. The molecule has 3 rings (SSSR count). The van der Waals surface area contributed by atoms with Crippen molar-refractivity contribution in [3.05, 3.63) is 45.6 Å². The Hall–Kier alpha value is -2.14. The van der Waals surface area contributed by atoms with Gasteiger partial charge in [-0.05, 0) is 18.6 Å². The average Bonchev–Trinajstić information content (AvgIpc) is 2.89. The standard InChI is InChI=1S/C15H14N2O2S/c1-9-5-4-6-10-7-11(14(18)19-13(9)10)12-8-20-15(16-12)17(2)3/h4-8H,1-3H3. The molecule has 0 spiro atoms. The Morgan fingerprint density at radius 3 is 2.80 bits per heavy atom. The van der Waals surface area contributed by atoms with Gasteiger partial charge in [0.25, 0.3) is 0 Å². The van der Waals surface area contributed by atoms with Crippen LogP contribution in [0.4, 0.5) is 5.13 Å². The summed E-state index contributed by atoms with van der Waals surface area (Å²) in [5.74, 6) is 0. The lowest BCUT2D eigenvalue weighted by Crippen LogP contribution is -2.08. The van der Waals surface area contributed by atoms with Gasteiger partial charge in [-0.25, -0.2) is 9.78 Å². The second-order valence-corrected chi connectivity index (χ2v) is 5.69. The molecule has 102 valence electrons. The minimum absolute atomic E-state index is 0.345. The molecule has 0 atom stereocenters. The van der Waals surface area contributed by atoms with Crippen LogP contribution >= 0.6 is 11.3 Å². The van der Waals surface area contributed by atoms with Crippen LogP contribution in [0.3, 0.4) is 0 Å². The number of para-hydroxylation sites is 1. The van der Waals surface area contributed by atoms with Gasteiger partial charge in [0.2, 0.25) is 0 Å². The fourth-order valence-electron chi connectivity index (χ4n) is 2.06. The van der Waals surface area contributed by atoms with E-state index in [1.165, 1.54) is 11.3 Å². The van der Waals surface area contributed by atoms with Crippen molar-refractivity contribution < 1.29 is 4.42 Å². The van der Waals surface area contributed by atoms with Crippen molar-refractivity contribution in [2.24, 2.45) is 0 Å². The number of hydrogen-bond donors (Lipinski definition) is 0. The molecule has 3 aromatic rings. The molecule has 5 heteroatoms. The molecule has 0 aliphatic rings. The highest BCUT2D eigenvalue weighted by Gasteiger charge is 2.12. The number of rotatable bonds is 2. The van der Waals surface area contributed by atoms with E-state index in [1.54, 1.807) is 0 Å². The quantitative estimate of drug-likeness (QED) is 0.678. The van der Waals surface area contributed by atoms with Crippen molar-refractivity contribution in [1.29, 1.82) is 0 Å². The van der Waals surface area contributed by atoms with E-state index in [2.05, 4.69) is 4.98 Å². The van der Waals surface area contributed by atoms with Crippen LogP contribution in [0.15, 0.2) is 38.9 Å². The second kappa shape index (κ2) is 4.76. The topological polar surface area (TPSA) is 46.3 Å². The van der Waals surface area contributed by atoms with E-state index in [-0.39, 0.29) is 5.63 Å². The van der Waals surface area contributed by atoms with Gasteiger partial charge >= 0.3 is 5.63 Å². The Bertz CT molecular complexity index is 833. The predicted molar refractivity (Wildman–Crippen MR) is 82.7 cm³/mol. The molecule has 20 heavy (non-hydrogen) atoms. The summed E-state index contributed by atoms with van der Waals surface area (Å²) in [4.78, 5) is 18.5. The van der Waals surface area contributed by atoms with Crippen LogP contribution < -0.4 is 10.5 Å². The fraction of sp³-hybridized carbons (Fsp3) is 0.200. The minimum Gasteiger partial charge on any atom is -0.422 e. The zero-order valence-electron chi connectivity index (χ0n) is 11.5. The summed E-state index contributed by atoms with van der Waals surface area (Å²) in [6.45, 7) is 1.93. The molecule has 0 aliphatic heterocycles. The molecule has 0 saturated carbocycles. The molecular formula is C15H14N2O2S. The van der Waals surface area contributed by atoms with Crippen LogP contribution in [0.2, 0.25) is 0 Å². The fourth-order valence-corrected chi connectivity index (χ4v) is 2.82. The van der Waals surface area contributed by atoms with E-state index in [0.29, 0.717) is 16.8 Å². The third-order valence-electron chi connectivity index (χ3n) is 3.11. The summed E-state index contributed by atoms with van der Waals surface area (Å²) in [6.07, 6.45) is 0. The molecule has 0 unspecified atom stereocenters. The maximum Gasteiger partial charge on any atom is 0.345 e. The van der Waals surface area contributed by atoms with Crippen molar-refractivity contribution in [3.63, 3.8) is 0 Å². The number of aryl methyl sites for hydroxylation is 1. The van der Waals surface area contributed by atoms with Crippen molar-refractivity contribution in [2.75, 3.05) is 19.0 Å². The highest BCUT2D eigenvalue weighted by Crippen LogP contribution is 2.27. The molecule has 2 aromatic heterocycles. The molecule has 0 amide bonds. The van der Waals surface area contributed by atoms with Gasteiger partial charge in [0, 0.05) is 24.9 Å². The van der Waals surface area contributed by atoms with E-state index in [9.17, 15) is 4.79 Å². The molecule has 2 heterocycles. The Morgan fingerprint density at radius 2 is 2.10 bits per heavy atom. The highest BCUT2D eigenvalue weighted by atomic mass is 32.1. The maximum absolute atomic E-state index is 12.1. The van der Waals surface area contributed by atoms with Crippen molar-refractivity contribution in [3.8, 4) is 11.3 Å². The third-order valence-corrected chi connectivity index (χ3v) is 4.12. The molecule has 4 nitrogen and oxygen atoms in total. The van der Waals surface area contributed by atoms with Crippen LogP contribution in [-0.2, 0) is 0 Å². The predicted octanol–water partition coefficient (Wildman–Crippen LogP) is 3.29. The largest absolute Gasteiger partial charge is 0.422 e. The molecule has 1 aromatic carbocycles. The monoisotopic (exact) mass is 286 g/mol. The first-order valence-electron chi connectivity index (χ1n) is 6.23. The van der Waals surface area contributed by atoms with Crippen LogP contribution in [0, 0.1) is 6.92 Å². The molecule has 0 saturated heterocycles. The van der Waals surface area contributed by atoms with Gasteiger partial charge in [-0.2, -0.15) is 0 Å². The van der Waals surface area contributed by atoms with E-state index in [0.717, 1.165) is 16.1 Å². The second-order valence-electron chi connectivity index (χ2n) is 4.85. The van der Waals surface area contributed by atoms with Crippen LogP contribution in [-0.4, -0.2) is 19.1 Å². The summed E-state index contributed by atoms with van der Waals surface area (Å²) >= 11 is 1.50. The van der Waals surface area contributed by atoms with Gasteiger partial charge in [-0.15, -0.1) is 11.3 Å². The number of fused-ring (bicyclic) bond motifs is 1. The zero-order chi connectivity index (χ0) is 14.3. The summed E-state index contributed by atoms with van der Waals surface area (Å²) < 4.78 is 5.44. The molecule has 0 N–H and O–H groups in total. The van der Waals surface area contributed by atoms with Crippen molar-refractivity contribution >= 4 is 27.4 Å². The molecule has 0 radical (unpaired) electrons. The Balaban J connectivity index is 2.20. The first kappa shape index (κ1) is 12.9. The van der Waals surface area contributed by atoms with Gasteiger partial charge in [-0.3, -0.25) is 0 Å². The third kappa shape index (κ3) is 2.10. The Kier molecular flexibility index (Phi) is 3.06. The van der Waals surface area contributed by atoms with E-state index in [4.69, 9.17) is 4.42 Å². The van der Waals surface area contributed by atoms with E-state index in [1.807, 2.05) is 55.6 Å². The molecular weight excluding hydrogens is 272 g/mol. The first-order chi connectivity index (χ1) is 9.56. The number of aromatic nitrogens is 1. The van der Waals surface area contributed by atoms with Gasteiger partial charge in [0.05, 0.1) is 11.3 Å². The summed E-state index contributed by atoms with van der Waals surface area (Å²) in [5.41, 5.74) is 2.42. The van der Waals surface area contributed by atoms with E-state index >= 15 is 0 Å². The lowest BCUT2D eigenvalue weighted by Gasteiger charge is -2.05. The number of thiazole rings is 1. The van der Waals surface area contributed by atoms with Crippen LogP contribution in [0.1, 0.15) is 5.56 Å². The maximum atomic E-state index is 12.1. The minimum atomic E-state index is -0.345. The normalized spacial score (nSPS) is 10.9. The lowest BCUT2D eigenvalue weighted by molar-refractivity contribution is 0.561. The van der Waals surface area contributed by atoms with Crippen molar-refractivity contribution in [2.45, 2.75) is 6.92 Å². The van der Waals surface area contributed by atoms with Crippen molar-refractivity contribution in [1.82, 2.24) is 4.98 Å². The highest BCUT2D eigenvalue weighted by molar-refractivity contribution is 7.14. The molecule has 0 bridgehead atoms. The van der Waals surface area contributed by atoms with Gasteiger partial charge in [-0.1, -0.05) is 18.2 Å². The lowest BCUT2D eigenvalue weighted by atomic mass is 10.1. The number of anilines is 1. The van der Waals surface area contributed by atoms with Crippen LogP contribution in [0.25, 0.3) is 22.2 Å². The molecule has 0 fully saturated rings.